The van der Waals surface area contributed by atoms with E-state index in [0.29, 0.717) is 0 Å². The van der Waals surface area contributed by atoms with E-state index in [2.05, 4.69) is 35.8 Å². The molecular formula is C11H24N2S. The van der Waals surface area contributed by atoms with E-state index in [4.69, 9.17) is 0 Å². The lowest BCUT2D eigenvalue weighted by Gasteiger charge is -2.26. The average molecular weight is 216 g/mol. The summed E-state index contributed by atoms with van der Waals surface area (Å²) in [5.74, 6) is 2.59. The third-order valence-corrected chi connectivity index (χ3v) is 3.88. The Morgan fingerprint density at radius 1 is 1.43 bits per heavy atom. The van der Waals surface area contributed by atoms with Crippen molar-refractivity contribution < 1.29 is 0 Å². The average Bonchev–Trinajstić information content (AvgIpc) is 2.71. The van der Waals surface area contributed by atoms with Gasteiger partial charge in [0.2, 0.25) is 0 Å². The molecule has 0 aromatic rings. The van der Waals surface area contributed by atoms with E-state index < -0.39 is 0 Å². The van der Waals surface area contributed by atoms with Crippen molar-refractivity contribution in [2.75, 3.05) is 37.7 Å². The minimum atomic E-state index is 0.812. The van der Waals surface area contributed by atoms with Crippen molar-refractivity contribution >= 4 is 11.8 Å². The van der Waals surface area contributed by atoms with Crippen molar-refractivity contribution in [3.63, 3.8) is 0 Å². The monoisotopic (exact) mass is 216 g/mol. The Bertz CT molecular complexity index is 135. The molecule has 84 valence electrons. The standard InChI is InChI=1S/C11H24N2S/c1-3-13(8-5-9-14-4-2)11-6-7-12-10-11/h11-12H,3-10H2,1-2H3. The maximum absolute atomic E-state index is 3.44. The maximum atomic E-state index is 3.44. The highest BCUT2D eigenvalue weighted by Crippen LogP contribution is 2.10. The van der Waals surface area contributed by atoms with Crippen LogP contribution in [0.15, 0.2) is 0 Å². The molecule has 0 spiro atoms. The molecule has 0 aromatic carbocycles. The van der Waals surface area contributed by atoms with Gasteiger partial charge < -0.3 is 5.32 Å². The minimum Gasteiger partial charge on any atom is -0.315 e. The molecule has 1 rings (SSSR count). The van der Waals surface area contributed by atoms with Crippen molar-refractivity contribution in [2.24, 2.45) is 0 Å². The third kappa shape index (κ3) is 4.20. The molecule has 0 saturated carbocycles. The van der Waals surface area contributed by atoms with E-state index in [1.54, 1.807) is 0 Å². The van der Waals surface area contributed by atoms with Crippen LogP contribution in [0, 0.1) is 0 Å². The lowest BCUT2D eigenvalue weighted by molar-refractivity contribution is 0.220. The van der Waals surface area contributed by atoms with Crippen LogP contribution in [0.3, 0.4) is 0 Å². The zero-order chi connectivity index (χ0) is 10.2. The molecule has 1 saturated heterocycles. The topological polar surface area (TPSA) is 15.3 Å². The summed E-state index contributed by atoms with van der Waals surface area (Å²) in [5.41, 5.74) is 0. The van der Waals surface area contributed by atoms with E-state index >= 15 is 0 Å². The van der Waals surface area contributed by atoms with Crippen LogP contribution in [0.25, 0.3) is 0 Å². The van der Waals surface area contributed by atoms with E-state index in [0.717, 1.165) is 6.04 Å². The summed E-state index contributed by atoms with van der Waals surface area (Å²) in [5, 5.41) is 3.44. The summed E-state index contributed by atoms with van der Waals surface area (Å²) >= 11 is 2.06. The smallest absolute Gasteiger partial charge is 0.0232 e. The van der Waals surface area contributed by atoms with Crippen LogP contribution < -0.4 is 5.32 Å². The second-order valence-electron chi connectivity index (χ2n) is 3.83. The molecule has 1 fully saturated rings. The van der Waals surface area contributed by atoms with Crippen molar-refractivity contribution in [2.45, 2.75) is 32.7 Å². The Hall–Kier alpha value is 0.270. The van der Waals surface area contributed by atoms with E-state index in [9.17, 15) is 0 Å². The Kier molecular flexibility index (Phi) is 6.65. The molecule has 0 radical (unpaired) electrons. The highest BCUT2D eigenvalue weighted by atomic mass is 32.2. The second-order valence-corrected chi connectivity index (χ2v) is 5.22. The van der Waals surface area contributed by atoms with Crippen molar-refractivity contribution in [3.05, 3.63) is 0 Å². The van der Waals surface area contributed by atoms with Crippen LogP contribution in [0.2, 0.25) is 0 Å². The summed E-state index contributed by atoms with van der Waals surface area (Å²) in [4.78, 5) is 2.64. The second kappa shape index (κ2) is 7.55. The van der Waals surface area contributed by atoms with Gasteiger partial charge in [-0.25, -0.2) is 0 Å². The van der Waals surface area contributed by atoms with Gasteiger partial charge in [-0.15, -0.1) is 0 Å². The number of hydrogen-bond donors (Lipinski definition) is 1. The van der Waals surface area contributed by atoms with Gasteiger partial charge in [0, 0.05) is 12.6 Å². The number of nitrogens with zero attached hydrogens (tertiary/aromatic N) is 1. The molecule has 1 heterocycles. The molecular weight excluding hydrogens is 192 g/mol. The number of hydrogen-bond acceptors (Lipinski definition) is 3. The first kappa shape index (κ1) is 12.3. The Balaban J connectivity index is 2.11. The van der Waals surface area contributed by atoms with Crippen LogP contribution in [-0.4, -0.2) is 48.6 Å². The largest absolute Gasteiger partial charge is 0.315 e. The lowest BCUT2D eigenvalue weighted by Crippen LogP contribution is -2.37. The van der Waals surface area contributed by atoms with Crippen molar-refractivity contribution in [3.8, 4) is 0 Å². The highest BCUT2D eigenvalue weighted by molar-refractivity contribution is 7.99. The minimum absolute atomic E-state index is 0.812. The van der Waals surface area contributed by atoms with Crippen LogP contribution in [0.5, 0.6) is 0 Å². The zero-order valence-electron chi connectivity index (χ0n) is 9.59. The predicted octanol–water partition coefficient (Wildman–Crippen LogP) is 1.81. The number of likely N-dealkylation sites (N-methyl/N-ethyl adjacent to an activating group) is 1. The zero-order valence-corrected chi connectivity index (χ0v) is 10.4. The molecule has 1 atom stereocenters. The van der Waals surface area contributed by atoms with Crippen LogP contribution in [0.1, 0.15) is 26.7 Å². The van der Waals surface area contributed by atoms with Gasteiger partial charge in [0.25, 0.3) is 0 Å². The fourth-order valence-electron chi connectivity index (χ4n) is 2.06. The molecule has 3 heteroatoms. The fraction of sp³-hybridized carbons (Fsp3) is 1.00. The number of thioether (sulfide) groups is 1. The highest BCUT2D eigenvalue weighted by Gasteiger charge is 2.19. The van der Waals surface area contributed by atoms with E-state index in [-0.39, 0.29) is 0 Å². The summed E-state index contributed by atoms with van der Waals surface area (Å²) in [6.07, 6.45) is 2.69. The molecule has 0 aliphatic carbocycles. The molecule has 2 nitrogen and oxygen atoms in total. The quantitative estimate of drug-likeness (QED) is 0.654. The van der Waals surface area contributed by atoms with Gasteiger partial charge in [0.1, 0.15) is 0 Å². The lowest BCUT2D eigenvalue weighted by atomic mass is 10.2. The summed E-state index contributed by atoms with van der Waals surface area (Å²) in [6.45, 7) is 9.44. The molecule has 14 heavy (non-hydrogen) atoms. The predicted molar refractivity (Wildman–Crippen MR) is 66.1 cm³/mol. The first-order chi connectivity index (χ1) is 6.88. The first-order valence-corrected chi connectivity index (χ1v) is 7.06. The number of rotatable bonds is 7. The molecule has 1 unspecified atom stereocenters. The van der Waals surface area contributed by atoms with Gasteiger partial charge in [-0.2, -0.15) is 11.8 Å². The third-order valence-electron chi connectivity index (χ3n) is 2.90. The van der Waals surface area contributed by atoms with Crippen LogP contribution in [-0.2, 0) is 0 Å². The molecule has 0 bridgehead atoms. The molecule has 0 aromatic heterocycles. The van der Waals surface area contributed by atoms with Gasteiger partial charge in [0.05, 0.1) is 0 Å². The van der Waals surface area contributed by atoms with Crippen molar-refractivity contribution in [1.29, 1.82) is 0 Å². The van der Waals surface area contributed by atoms with Gasteiger partial charge in [-0.1, -0.05) is 13.8 Å². The maximum Gasteiger partial charge on any atom is 0.0232 e. The SMILES string of the molecule is CCSCCCN(CC)C1CCNC1. The summed E-state index contributed by atoms with van der Waals surface area (Å²) in [7, 11) is 0. The van der Waals surface area contributed by atoms with Crippen LogP contribution >= 0.6 is 11.8 Å². The summed E-state index contributed by atoms with van der Waals surface area (Å²) < 4.78 is 0. The van der Waals surface area contributed by atoms with Gasteiger partial charge >= 0.3 is 0 Å². The first-order valence-electron chi connectivity index (χ1n) is 5.91. The fourth-order valence-corrected chi connectivity index (χ4v) is 2.69. The molecule has 0 amide bonds. The Morgan fingerprint density at radius 3 is 2.86 bits per heavy atom. The van der Waals surface area contributed by atoms with Crippen molar-refractivity contribution in [1.82, 2.24) is 10.2 Å². The normalized spacial score (nSPS) is 22.1. The van der Waals surface area contributed by atoms with E-state index in [1.165, 1.54) is 50.5 Å². The van der Waals surface area contributed by atoms with Gasteiger partial charge in [0.15, 0.2) is 0 Å². The summed E-state index contributed by atoms with van der Waals surface area (Å²) in [6, 6.07) is 0.812. The Labute approximate surface area is 92.8 Å². The van der Waals surface area contributed by atoms with Crippen LogP contribution in [0.4, 0.5) is 0 Å². The molecule has 1 aliphatic heterocycles. The number of nitrogens with one attached hydrogen (secondary N) is 1. The Morgan fingerprint density at radius 2 is 2.29 bits per heavy atom. The van der Waals surface area contributed by atoms with E-state index in [1.807, 2.05) is 0 Å². The molecule has 1 aliphatic rings. The molecule has 1 N–H and O–H groups in total. The van der Waals surface area contributed by atoms with Gasteiger partial charge in [-0.3, -0.25) is 4.90 Å². The van der Waals surface area contributed by atoms with Gasteiger partial charge in [-0.05, 0) is 44.0 Å².